The van der Waals surface area contributed by atoms with Crippen LogP contribution >= 0.6 is 0 Å². The first-order valence-electron chi connectivity index (χ1n) is 4.69. The van der Waals surface area contributed by atoms with E-state index in [-0.39, 0.29) is 0 Å². The molecule has 0 aliphatic carbocycles. The van der Waals surface area contributed by atoms with Crippen LogP contribution in [0.4, 0.5) is 5.69 Å². The lowest BCUT2D eigenvalue weighted by Crippen LogP contribution is -1.91. The summed E-state index contributed by atoms with van der Waals surface area (Å²) in [7, 11) is 1.59. The molecule has 0 radical (unpaired) electrons. The van der Waals surface area contributed by atoms with E-state index < -0.39 is 0 Å². The maximum absolute atomic E-state index is 10.4. The van der Waals surface area contributed by atoms with Gasteiger partial charge >= 0.3 is 0 Å². The molecule has 0 unspecified atom stereocenters. The molecule has 0 fully saturated rings. The van der Waals surface area contributed by atoms with E-state index in [9.17, 15) is 4.91 Å². The largest absolute Gasteiger partial charge is 0.444 e. The summed E-state index contributed by atoms with van der Waals surface area (Å²) >= 11 is 0. The van der Waals surface area contributed by atoms with Gasteiger partial charge in [-0.15, -0.1) is 4.91 Å². The Labute approximate surface area is 92.0 Å². The summed E-state index contributed by atoms with van der Waals surface area (Å²) in [6, 6.07) is 5.07. The fraction of sp³-hybridized carbons (Fsp3) is 0.182. The molecule has 5 nitrogen and oxygen atoms in total. The molecule has 0 aliphatic heterocycles. The highest BCUT2D eigenvalue weighted by molar-refractivity contribution is 5.64. The number of rotatable bonds is 4. The van der Waals surface area contributed by atoms with Crippen molar-refractivity contribution in [1.29, 1.82) is 0 Å². The first-order valence-corrected chi connectivity index (χ1v) is 4.69. The molecule has 0 aliphatic rings. The van der Waals surface area contributed by atoms with Crippen LogP contribution in [0.5, 0.6) is 0 Å². The van der Waals surface area contributed by atoms with Crippen LogP contribution in [0, 0.1) is 4.91 Å². The van der Waals surface area contributed by atoms with Gasteiger partial charge in [-0.05, 0) is 28.9 Å². The Morgan fingerprint density at radius 3 is 3.00 bits per heavy atom. The summed E-state index contributed by atoms with van der Waals surface area (Å²) in [6.45, 7) is 0.388. The van der Waals surface area contributed by atoms with E-state index >= 15 is 0 Å². The van der Waals surface area contributed by atoms with Crippen molar-refractivity contribution in [3.05, 3.63) is 41.3 Å². The molecule has 2 aromatic rings. The lowest BCUT2D eigenvalue weighted by molar-refractivity contribution is 0.185. The monoisotopic (exact) mass is 218 g/mol. The van der Waals surface area contributed by atoms with Crippen molar-refractivity contribution in [1.82, 2.24) is 4.98 Å². The quantitative estimate of drug-likeness (QED) is 0.740. The van der Waals surface area contributed by atoms with E-state index in [4.69, 9.17) is 9.15 Å². The SMILES string of the molecule is COCc1cc(N=O)ccc1-c1cnco1. The maximum Gasteiger partial charge on any atom is 0.181 e. The second kappa shape index (κ2) is 4.67. The van der Waals surface area contributed by atoms with Gasteiger partial charge < -0.3 is 9.15 Å². The van der Waals surface area contributed by atoms with E-state index in [0.29, 0.717) is 18.1 Å². The molecular formula is C11H10N2O3. The van der Waals surface area contributed by atoms with Crippen molar-refractivity contribution in [2.24, 2.45) is 5.18 Å². The van der Waals surface area contributed by atoms with E-state index in [2.05, 4.69) is 10.2 Å². The molecular weight excluding hydrogens is 208 g/mol. The predicted molar refractivity (Wildman–Crippen MR) is 58.1 cm³/mol. The van der Waals surface area contributed by atoms with Crippen LogP contribution in [0.1, 0.15) is 5.56 Å². The van der Waals surface area contributed by atoms with Crippen LogP contribution in [0.25, 0.3) is 11.3 Å². The van der Waals surface area contributed by atoms with E-state index in [1.54, 1.807) is 31.5 Å². The Balaban J connectivity index is 2.47. The lowest BCUT2D eigenvalue weighted by Gasteiger charge is -2.06. The van der Waals surface area contributed by atoms with E-state index in [0.717, 1.165) is 11.1 Å². The highest BCUT2D eigenvalue weighted by Crippen LogP contribution is 2.27. The Hall–Kier alpha value is -2.01. The zero-order valence-electron chi connectivity index (χ0n) is 8.71. The number of methoxy groups -OCH3 is 1. The van der Waals surface area contributed by atoms with Gasteiger partial charge in [0.05, 0.1) is 12.8 Å². The molecule has 16 heavy (non-hydrogen) atoms. The third-order valence-electron chi connectivity index (χ3n) is 2.19. The Morgan fingerprint density at radius 2 is 2.38 bits per heavy atom. The van der Waals surface area contributed by atoms with Crippen molar-refractivity contribution < 1.29 is 9.15 Å². The van der Waals surface area contributed by atoms with Crippen LogP contribution in [-0.2, 0) is 11.3 Å². The molecule has 0 atom stereocenters. The summed E-state index contributed by atoms with van der Waals surface area (Å²) in [6.07, 6.45) is 2.97. The Kier molecular flexibility index (Phi) is 3.07. The van der Waals surface area contributed by atoms with Gasteiger partial charge in [-0.25, -0.2) is 4.98 Å². The van der Waals surface area contributed by atoms with Gasteiger partial charge in [-0.2, -0.15) is 0 Å². The number of benzene rings is 1. The molecule has 0 saturated heterocycles. The van der Waals surface area contributed by atoms with E-state index in [1.165, 1.54) is 6.39 Å². The normalized spacial score (nSPS) is 10.3. The molecule has 2 rings (SSSR count). The molecule has 1 aromatic carbocycles. The van der Waals surface area contributed by atoms with Crippen molar-refractivity contribution in [3.63, 3.8) is 0 Å². The fourth-order valence-corrected chi connectivity index (χ4v) is 1.50. The van der Waals surface area contributed by atoms with Crippen LogP contribution in [0.15, 0.2) is 40.4 Å². The smallest absolute Gasteiger partial charge is 0.181 e. The molecule has 0 spiro atoms. The minimum absolute atomic E-state index is 0.371. The molecule has 0 saturated carbocycles. The molecule has 0 amide bonds. The van der Waals surface area contributed by atoms with Crippen molar-refractivity contribution in [2.75, 3.05) is 7.11 Å². The number of nitrogens with zero attached hydrogens (tertiary/aromatic N) is 2. The van der Waals surface area contributed by atoms with Gasteiger partial charge in [-0.3, -0.25) is 0 Å². The summed E-state index contributed by atoms with van der Waals surface area (Å²) in [4.78, 5) is 14.3. The molecule has 1 aromatic heterocycles. The summed E-state index contributed by atoms with van der Waals surface area (Å²) in [5.74, 6) is 0.643. The zero-order chi connectivity index (χ0) is 11.4. The third kappa shape index (κ3) is 1.99. The average Bonchev–Trinajstić information content (AvgIpc) is 2.83. The number of nitroso groups, excluding NO2 is 1. The van der Waals surface area contributed by atoms with Gasteiger partial charge in [0.1, 0.15) is 5.69 Å². The lowest BCUT2D eigenvalue weighted by atomic mass is 10.1. The summed E-state index contributed by atoms with van der Waals surface area (Å²) < 4.78 is 10.3. The van der Waals surface area contributed by atoms with Gasteiger partial charge in [0.2, 0.25) is 0 Å². The van der Waals surface area contributed by atoms with Crippen LogP contribution in [-0.4, -0.2) is 12.1 Å². The number of hydrogen-bond donors (Lipinski definition) is 0. The van der Waals surface area contributed by atoms with Gasteiger partial charge in [0.25, 0.3) is 0 Å². The maximum atomic E-state index is 10.4. The van der Waals surface area contributed by atoms with Crippen molar-refractivity contribution in [3.8, 4) is 11.3 Å². The molecule has 0 bridgehead atoms. The second-order valence-electron chi connectivity index (χ2n) is 3.23. The van der Waals surface area contributed by atoms with Crippen LogP contribution in [0.2, 0.25) is 0 Å². The number of aromatic nitrogens is 1. The van der Waals surface area contributed by atoms with Crippen LogP contribution in [0.3, 0.4) is 0 Å². The average molecular weight is 218 g/mol. The minimum atomic E-state index is 0.371. The number of hydrogen-bond acceptors (Lipinski definition) is 5. The summed E-state index contributed by atoms with van der Waals surface area (Å²) in [5, 5.41) is 2.88. The standard InChI is InChI=1S/C11H10N2O3/c1-15-6-8-4-9(13-14)2-3-10(8)11-5-12-7-16-11/h2-5,7H,6H2,1H3. The highest BCUT2D eigenvalue weighted by atomic mass is 16.5. The number of oxazole rings is 1. The van der Waals surface area contributed by atoms with Gasteiger partial charge in [0.15, 0.2) is 12.2 Å². The first kappa shape index (κ1) is 10.5. The minimum Gasteiger partial charge on any atom is -0.444 e. The first-order chi connectivity index (χ1) is 7.85. The molecule has 5 heteroatoms. The second-order valence-corrected chi connectivity index (χ2v) is 3.23. The highest BCUT2D eigenvalue weighted by Gasteiger charge is 2.09. The van der Waals surface area contributed by atoms with Crippen molar-refractivity contribution in [2.45, 2.75) is 6.61 Å². The number of ether oxygens (including phenoxy) is 1. The molecule has 82 valence electrons. The molecule has 0 N–H and O–H groups in total. The van der Waals surface area contributed by atoms with Gasteiger partial charge in [0, 0.05) is 12.7 Å². The summed E-state index contributed by atoms with van der Waals surface area (Å²) in [5.41, 5.74) is 2.07. The Morgan fingerprint density at radius 1 is 1.50 bits per heavy atom. The third-order valence-corrected chi connectivity index (χ3v) is 2.19. The topological polar surface area (TPSA) is 64.7 Å². The predicted octanol–water partition coefficient (Wildman–Crippen LogP) is 2.89. The molecule has 1 heterocycles. The zero-order valence-corrected chi connectivity index (χ0v) is 8.71. The Bertz CT molecular complexity index is 480. The van der Waals surface area contributed by atoms with Crippen LogP contribution < -0.4 is 0 Å². The fourth-order valence-electron chi connectivity index (χ4n) is 1.50. The van der Waals surface area contributed by atoms with Crippen molar-refractivity contribution >= 4 is 5.69 Å². The van der Waals surface area contributed by atoms with E-state index in [1.807, 2.05) is 0 Å². The van der Waals surface area contributed by atoms with Gasteiger partial charge in [-0.1, -0.05) is 0 Å².